The Morgan fingerprint density at radius 2 is 2.00 bits per heavy atom. The number of fused-ring (bicyclic) bond motifs is 1. The molecule has 0 bridgehead atoms. The number of ether oxygens (including phenoxy) is 1. The minimum atomic E-state index is -0.828. The molecule has 0 radical (unpaired) electrons. The molecule has 0 saturated heterocycles. The molecule has 4 nitrogen and oxygen atoms in total. The van der Waals surface area contributed by atoms with E-state index in [1.807, 2.05) is 0 Å². The number of rotatable bonds is 1. The van der Waals surface area contributed by atoms with Gasteiger partial charge in [0.05, 0.1) is 10.6 Å². The Labute approximate surface area is 146 Å². The van der Waals surface area contributed by atoms with E-state index in [1.54, 1.807) is 38.1 Å². The quantitative estimate of drug-likeness (QED) is 0.526. The van der Waals surface area contributed by atoms with Gasteiger partial charge in [0.2, 0.25) is 0 Å². The molecule has 7 heteroatoms. The first-order valence-electron chi connectivity index (χ1n) is 6.45. The molecule has 0 unspecified atom stereocenters. The monoisotopic (exact) mass is 400 g/mol. The minimum Gasteiger partial charge on any atom is -0.618 e. The second-order valence-electron chi connectivity index (χ2n) is 5.30. The smallest absolute Gasteiger partial charge is 0.261 e. The van der Waals surface area contributed by atoms with Crippen molar-refractivity contribution in [3.05, 3.63) is 61.4 Å². The fourth-order valence-electron chi connectivity index (χ4n) is 2.28. The van der Waals surface area contributed by atoms with Crippen LogP contribution in [-0.4, -0.2) is 11.4 Å². The van der Waals surface area contributed by atoms with Gasteiger partial charge < -0.3 is 9.94 Å². The zero-order valence-electron chi connectivity index (χ0n) is 11.7. The number of hydrogen-bond acceptors (Lipinski definition) is 3. The summed E-state index contributed by atoms with van der Waals surface area (Å²) in [5.74, 6) is 0.558. The second-order valence-corrected chi connectivity index (χ2v) is 6.97. The number of pyridine rings is 1. The average molecular weight is 402 g/mol. The van der Waals surface area contributed by atoms with E-state index >= 15 is 0 Å². The Kier molecular flexibility index (Phi) is 3.83. The summed E-state index contributed by atoms with van der Waals surface area (Å²) < 4.78 is 7.23. The maximum atomic E-state index is 12.2. The van der Waals surface area contributed by atoms with Gasteiger partial charge in [-0.3, -0.25) is 0 Å². The lowest BCUT2D eigenvalue weighted by Gasteiger charge is -2.30. The normalized spacial score (nSPS) is 15.8. The highest BCUT2D eigenvalue weighted by atomic mass is 79.9. The van der Waals surface area contributed by atoms with Crippen LogP contribution in [0.25, 0.3) is 0 Å². The van der Waals surface area contributed by atoms with E-state index in [2.05, 4.69) is 20.9 Å². The third-order valence-electron chi connectivity index (χ3n) is 3.15. The molecular weight excluding hydrogens is 391 g/mol. The standard InChI is InChI=1S/C15H11BrCl2N2O2/c1-15(2)19-13(14-10(17)4-3-5-20(14)21)8-6-9(16)11(18)7-12(8)22-15/h3-7H,1-2H3. The van der Waals surface area contributed by atoms with Crippen molar-refractivity contribution in [2.24, 2.45) is 4.99 Å². The third-order valence-corrected chi connectivity index (χ3v) is 4.66. The van der Waals surface area contributed by atoms with E-state index in [9.17, 15) is 5.21 Å². The van der Waals surface area contributed by atoms with Crippen LogP contribution in [0.2, 0.25) is 10.0 Å². The van der Waals surface area contributed by atoms with Crippen LogP contribution in [0.1, 0.15) is 25.1 Å². The molecule has 1 aromatic heterocycles. The molecular formula is C15H11BrCl2N2O2. The van der Waals surface area contributed by atoms with Crippen LogP contribution in [0.3, 0.4) is 0 Å². The molecule has 1 aliphatic rings. The molecule has 22 heavy (non-hydrogen) atoms. The SMILES string of the molecule is CC1(C)N=C(c2c(Cl)ccc[n+]2[O-])c2cc(Br)c(Cl)cc2O1. The van der Waals surface area contributed by atoms with Gasteiger partial charge in [-0.05, 0) is 41.9 Å². The van der Waals surface area contributed by atoms with Gasteiger partial charge in [0.1, 0.15) is 16.5 Å². The molecule has 2 heterocycles. The van der Waals surface area contributed by atoms with Crippen molar-refractivity contribution >= 4 is 44.8 Å². The first-order valence-corrected chi connectivity index (χ1v) is 8.00. The Hall–Kier alpha value is -1.30. The van der Waals surface area contributed by atoms with E-state index in [0.29, 0.717) is 36.3 Å². The number of halogens is 3. The fourth-order valence-corrected chi connectivity index (χ4v) is 3.02. The largest absolute Gasteiger partial charge is 0.618 e. The van der Waals surface area contributed by atoms with E-state index in [1.165, 1.54) is 6.20 Å². The summed E-state index contributed by atoms with van der Waals surface area (Å²) in [6, 6.07) is 6.71. The number of hydrogen-bond donors (Lipinski definition) is 0. The molecule has 2 aromatic rings. The summed E-state index contributed by atoms with van der Waals surface area (Å²) in [5, 5.41) is 13.0. The summed E-state index contributed by atoms with van der Waals surface area (Å²) >= 11 is 15.7. The Morgan fingerprint density at radius 1 is 1.27 bits per heavy atom. The van der Waals surface area contributed by atoms with E-state index in [4.69, 9.17) is 27.9 Å². The summed E-state index contributed by atoms with van der Waals surface area (Å²) in [7, 11) is 0. The van der Waals surface area contributed by atoms with E-state index in [0.717, 1.165) is 0 Å². The lowest BCUT2D eigenvalue weighted by molar-refractivity contribution is -0.606. The molecule has 3 rings (SSSR count). The van der Waals surface area contributed by atoms with Crippen LogP contribution in [0.5, 0.6) is 5.75 Å². The number of nitrogens with zero attached hydrogens (tertiary/aromatic N) is 2. The number of benzene rings is 1. The van der Waals surface area contributed by atoms with Crippen molar-refractivity contribution in [2.45, 2.75) is 19.6 Å². The maximum absolute atomic E-state index is 12.2. The first kappa shape index (κ1) is 15.6. The highest BCUT2D eigenvalue weighted by Crippen LogP contribution is 2.38. The Morgan fingerprint density at radius 3 is 2.68 bits per heavy atom. The van der Waals surface area contributed by atoms with Gasteiger partial charge in [0.25, 0.3) is 5.69 Å². The highest BCUT2D eigenvalue weighted by molar-refractivity contribution is 9.10. The first-order chi connectivity index (χ1) is 10.3. The van der Waals surface area contributed by atoms with Crippen molar-refractivity contribution in [3.8, 4) is 5.75 Å². The molecule has 1 aliphatic heterocycles. The van der Waals surface area contributed by atoms with Crippen molar-refractivity contribution in [2.75, 3.05) is 0 Å². The Balaban J connectivity index is 2.31. The van der Waals surface area contributed by atoms with Crippen LogP contribution in [0.15, 0.2) is 39.9 Å². The lowest BCUT2D eigenvalue weighted by Crippen LogP contribution is -2.39. The molecule has 0 N–H and O–H groups in total. The van der Waals surface area contributed by atoms with Gasteiger partial charge in [-0.25, -0.2) is 4.99 Å². The summed E-state index contributed by atoms with van der Waals surface area (Å²) in [5.41, 5.74) is 0.597. The fraction of sp³-hybridized carbons (Fsp3) is 0.200. The van der Waals surface area contributed by atoms with Crippen LogP contribution in [0, 0.1) is 5.21 Å². The molecule has 0 amide bonds. The van der Waals surface area contributed by atoms with Gasteiger partial charge in [-0.2, -0.15) is 4.73 Å². The molecule has 0 fully saturated rings. The van der Waals surface area contributed by atoms with Gasteiger partial charge in [-0.1, -0.05) is 23.2 Å². The van der Waals surface area contributed by atoms with Gasteiger partial charge in [0, 0.05) is 16.6 Å². The Bertz CT molecular complexity index is 786. The second kappa shape index (κ2) is 5.41. The molecule has 0 aliphatic carbocycles. The van der Waals surface area contributed by atoms with Crippen LogP contribution < -0.4 is 9.47 Å². The van der Waals surface area contributed by atoms with E-state index in [-0.39, 0.29) is 5.69 Å². The number of aromatic nitrogens is 1. The van der Waals surface area contributed by atoms with Gasteiger partial charge in [-0.15, -0.1) is 0 Å². The topological polar surface area (TPSA) is 48.5 Å². The number of aliphatic imine (C=N–C) groups is 1. The van der Waals surface area contributed by atoms with Crippen LogP contribution in [0.4, 0.5) is 0 Å². The lowest BCUT2D eigenvalue weighted by atomic mass is 10.0. The van der Waals surface area contributed by atoms with Crippen molar-refractivity contribution in [3.63, 3.8) is 0 Å². The molecule has 1 aromatic carbocycles. The highest BCUT2D eigenvalue weighted by Gasteiger charge is 2.34. The van der Waals surface area contributed by atoms with Crippen molar-refractivity contribution in [1.82, 2.24) is 0 Å². The predicted molar refractivity (Wildman–Crippen MR) is 89.9 cm³/mol. The van der Waals surface area contributed by atoms with Gasteiger partial charge >= 0.3 is 0 Å². The zero-order chi connectivity index (χ0) is 16.1. The van der Waals surface area contributed by atoms with E-state index < -0.39 is 5.72 Å². The average Bonchev–Trinajstić information content (AvgIpc) is 2.40. The molecule has 0 spiro atoms. The van der Waals surface area contributed by atoms with Gasteiger partial charge in [0.15, 0.2) is 11.9 Å². The van der Waals surface area contributed by atoms with Crippen LogP contribution in [-0.2, 0) is 0 Å². The minimum absolute atomic E-state index is 0.288. The van der Waals surface area contributed by atoms with Crippen LogP contribution >= 0.6 is 39.1 Å². The predicted octanol–water partition coefficient (Wildman–Crippen LogP) is 4.36. The van der Waals surface area contributed by atoms with Crippen molar-refractivity contribution < 1.29 is 9.47 Å². The molecule has 0 atom stereocenters. The zero-order valence-corrected chi connectivity index (χ0v) is 14.8. The summed E-state index contributed by atoms with van der Waals surface area (Å²) in [4.78, 5) is 4.54. The van der Waals surface area contributed by atoms with Crippen molar-refractivity contribution in [1.29, 1.82) is 0 Å². The summed E-state index contributed by atoms with van der Waals surface area (Å²) in [6.45, 7) is 3.61. The maximum Gasteiger partial charge on any atom is 0.261 e. The third kappa shape index (κ3) is 2.69. The molecule has 114 valence electrons. The summed E-state index contributed by atoms with van der Waals surface area (Å²) in [6.07, 6.45) is 1.39. The molecule has 0 saturated carbocycles.